The molecule has 0 aromatic carbocycles. The lowest BCUT2D eigenvalue weighted by Crippen LogP contribution is -2.29. The number of hydrogen-bond donors (Lipinski definition) is 1. The molecule has 0 aromatic heterocycles. The molecular weight excluding hydrogens is 190 g/mol. The van der Waals surface area contributed by atoms with Crippen molar-refractivity contribution in [2.24, 2.45) is 11.1 Å². The van der Waals surface area contributed by atoms with Gasteiger partial charge in [-0.15, -0.1) is 0 Å². The Bertz CT molecular complexity index is 259. The summed E-state index contributed by atoms with van der Waals surface area (Å²) in [4.78, 5) is 11.8. The van der Waals surface area contributed by atoms with Gasteiger partial charge in [-0.05, 0) is 40.0 Å². The molecule has 0 spiro atoms. The van der Waals surface area contributed by atoms with E-state index in [-0.39, 0.29) is 17.0 Å². The number of esters is 1. The summed E-state index contributed by atoms with van der Waals surface area (Å²) in [6.07, 6.45) is 6.52. The molecule has 3 heteroatoms. The Kier molecular flexibility index (Phi) is 3.55. The third-order valence-electron chi connectivity index (χ3n) is 2.50. The summed E-state index contributed by atoms with van der Waals surface area (Å²) in [7, 11) is 0. The zero-order valence-electron chi connectivity index (χ0n) is 9.88. The van der Waals surface area contributed by atoms with Gasteiger partial charge in [0.05, 0.1) is 5.41 Å². The van der Waals surface area contributed by atoms with Crippen LogP contribution >= 0.6 is 0 Å². The molecule has 0 radical (unpaired) electrons. The smallest absolute Gasteiger partial charge is 0.312 e. The van der Waals surface area contributed by atoms with Crippen LogP contribution in [0.25, 0.3) is 0 Å². The topological polar surface area (TPSA) is 52.3 Å². The van der Waals surface area contributed by atoms with Gasteiger partial charge in [-0.3, -0.25) is 4.79 Å². The van der Waals surface area contributed by atoms with Crippen LogP contribution in [-0.4, -0.2) is 18.1 Å². The van der Waals surface area contributed by atoms with Crippen molar-refractivity contribution >= 4 is 5.97 Å². The van der Waals surface area contributed by atoms with Crippen molar-refractivity contribution in [3.8, 4) is 0 Å². The molecule has 0 heterocycles. The molecule has 3 nitrogen and oxygen atoms in total. The summed E-state index contributed by atoms with van der Waals surface area (Å²) in [5.74, 6) is -0.0586. The number of carbonyl (C=O) groups excluding carboxylic acids is 1. The van der Waals surface area contributed by atoms with E-state index in [4.69, 9.17) is 10.5 Å². The van der Waals surface area contributed by atoms with E-state index in [2.05, 4.69) is 0 Å². The van der Waals surface area contributed by atoms with E-state index in [0.717, 1.165) is 19.3 Å². The molecule has 0 atom stereocenters. The van der Waals surface area contributed by atoms with Crippen LogP contribution in [0, 0.1) is 5.41 Å². The van der Waals surface area contributed by atoms with Gasteiger partial charge in [0.15, 0.2) is 0 Å². The van der Waals surface area contributed by atoms with Gasteiger partial charge in [0.2, 0.25) is 0 Å². The number of rotatable bonds is 4. The van der Waals surface area contributed by atoms with E-state index in [1.807, 2.05) is 32.9 Å². The fourth-order valence-electron chi connectivity index (χ4n) is 1.43. The standard InChI is InChI=1S/C12H21NO2/c1-11(2,3)15-10(14)12(7-8-12)6-4-5-9-13/h4-5H,6-9,13H2,1-3H3/b5-4+. The highest BCUT2D eigenvalue weighted by molar-refractivity contribution is 5.80. The van der Waals surface area contributed by atoms with Crippen LogP contribution in [0.3, 0.4) is 0 Å². The van der Waals surface area contributed by atoms with Crippen molar-refractivity contribution in [3.63, 3.8) is 0 Å². The summed E-state index contributed by atoms with van der Waals surface area (Å²) >= 11 is 0. The minimum absolute atomic E-state index is 0.0586. The van der Waals surface area contributed by atoms with E-state index < -0.39 is 0 Å². The predicted molar refractivity (Wildman–Crippen MR) is 60.3 cm³/mol. The average molecular weight is 211 g/mol. The summed E-state index contributed by atoms with van der Waals surface area (Å²) < 4.78 is 5.39. The van der Waals surface area contributed by atoms with Crippen molar-refractivity contribution in [2.75, 3.05) is 6.54 Å². The van der Waals surface area contributed by atoms with Gasteiger partial charge in [-0.1, -0.05) is 12.2 Å². The van der Waals surface area contributed by atoms with Crippen molar-refractivity contribution in [2.45, 2.75) is 45.6 Å². The number of allylic oxidation sites excluding steroid dienone is 1. The number of ether oxygens (including phenoxy) is 1. The molecular formula is C12H21NO2. The lowest BCUT2D eigenvalue weighted by atomic mass is 10.0. The Balaban J connectivity index is 2.48. The van der Waals surface area contributed by atoms with Gasteiger partial charge < -0.3 is 10.5 Å². The molecule has 2 N–H and O–H groups in total. The molecule has 1 saturated carbocycles. The molecule has 1 aliphatic rings. The highest BCUT2D eigenvalue weighted by Gasteiger charge is 2.51. The number of carbonyl (C=O) groups is 1. The molecule has 0 unspecified atom stereocenters. The maximum Gasteiger partial charge on any atom is 0.312 e. The fourth-order valence-corrected chi connectivity index (χ4v) is 1.43. The Morgan fingerprint density at radius 3 is 2.40 bits per heavy atom. The van der Waals surface area contributed by atoms with Gasteiger partial charge in [0.1, 0.15) is 5.60 Å². The molecule has 1 aliphatic carbocycles. The fraction of sp³-hybridized carbons (Fsp3) is 0.750. The minimum atomic E-state index is -0.385. The van der Waals surface area contributed by atoms with Crippen LogP contribution in [0.1, 0.15) is 40.0 Å². The Morgan fingerprint density at radius 1 is 1.40 bits per heavy atom. The Labute approximate surface area is 91.7 Å². The van der Waals surface area contributed by atoms with Crippen molar-refractivity contribution in [1.82, 2.24) is 0 Å². The van der Waals surface area contributed by atoms with Crippen LogP contribution in [0.2, 0.25) is 0 Å². The van der Waals surface area contributed by atoms with Crippen molar-refractivity contribution in [1.29, 1.82) is 0 Å². The molecule has 86 valence electrons. The normalized spacial score (nSPS) is 19.2. The molecule has 0 amide bonds. The zero-order chi connectivity index (χ0) is 11.5. The minimum Gasteiger partial charge on any atom is -0.460 e. The molecule has 1 fully saturated rings. The third kappa shape index (κ3) is 3.67. The summed E-state index contributed by atoms with van der Waals surface area (Å²) in [5.41, 5.74) is 4.73. The Hall–Kier alpha value is -0.830. The van der Waals surface area contributed by atoms with E-state index in [0.29, 0.717) is 6.54 Å². The lowest BCUT2D eigenvalue weighted by molar-refractivity contribution is -0.161. The summed E-state index contributed by atoms with van der Waals surface area (Å²) in [5, 5.41) is 0. The monoisotopic (exact) mass is 211 g/mol. The molecule has 1 rings (SSSR count). The highest BCUT2D eigenvalue weighted by Crippen LogP contribution is 2.50. The molecule has 15 heavy (non-hydrogen) atoms. The lowest BCUT2D eigenvalue weighted by Gasteiger charge is -2.23. The van der Waals surface area contributed by atoms with Gasteiger partial charge >= 0.3 is 5.97 Å². The van der Waals surface area contributed by atoms with Gasteiger partial charge in [0, 0.05) is 6.54 Å². The van der Waals surface area contributed by atoms with Gasteiger partial charge in [-0.2, -0.15) is 0 Å². The van der Waals surface area contributed by atoms with Crippen molar-refractivity contribution in [3.05, 3.63) is 12.2 Å². The van der Waals surface area contributed by atoms with E-state index in [1.54, 1.807) is 0 Å². The van der Waals surface area contributed by atoms with Crippen LogP contribution < -0.4 is 5.73 Å². The summed E-state index contributed by atoms with van der Waals surface area (Å²) in [6, 6.07) is 0. The van der Waals surface area contributed by atoms with Crippen molar-refractivity contribution < 1.29 is 9.53 Å². The van der Waals surface area contributed by atoms with Crippen LogP contribution in [0.5, 0.6) is 0 Å². The van der Waals surface area contributed by atoms with Crippen LogP contribution in [-0.2, 0) is 9.53 Å². The SMILES string of the molecule is CC(C)(C)OC(=O)C1(C/C=C/CN)CC1. The first-order valence-corrected chi connectivity index (χ1v) is 5.48. The maximum atomic E-state index is 11.8. The summed E-state index contributed by atoms with van der Waals surface area (Å²) in [6.45, 7) is 6.23. The Morgan fingerprint density at radius 2 is 2.00 bits per heavy atom. The first kappa shape index (κ1) is 12.2. The number of hydrogen-bond acceptors (Lipinski definition) is 3. The second kappa shape index (κ2) is 4.35. The first-order valence-electron chi connectivity index (χ1n) is 5.48. The second-order valence-corrected chi connectivity index (χ2v) is 5.19. The van der Waals surface area contributed by atoms with E-state index in [1.165, 1.54) is 0 Å². The molecule has 0 saturated heterocycles. The number of nitrogens with two attached hydrogens (primary N) is 1. The van der Waals surface area contributed by atoms with Crippen LogP contribution in [0.15, 0.2) is 12.2 Å². The molecule has 0 bridgehead atoms. The average Bonchev–Trinajstić information content (AvgIpc) is 2.83. The van der Waals surface area contributed by atoms with Gasteiger partial charge in [-0.25, -0.2) is 0 Å². The second-order valence-electron chi connectivity index (χ2n) is 5.19. The zero-order valence-corrected chi connectivity index (χ0v) is 9.88. The first-order chi connectivity index (χ1) is 6.90. The predicted octanol–water partition coefficient (Wildman–Crippen LogP) is 2.01. The molecule has 0 aromatic rings. The van der Waals surface area contributed by atoms with E-state index in [9.17, 15) is 4.79 Å². The largest absolute Gasteiger partial charge is 0.460 e. The van der Waals surface area contributed by atoms with Gasteiger partial charge in [0.25, 0.3) is 0 Å². The highest BCUT2D eigenvalue weighted by atomic mass is 16.6. The third-order valence-corrected chi connectivity index (χ3v) is 2.50. The van der Waals surface area contributed by atoms with Crippen LogP contribution in [0.4, 0.5) is 0 Å². The molecule has 0 aliphatic heterocycles. The maximum absolute atomic E-state index is 11.8. The quantitative estimate of drug-likeness (QED) is 0.571. The van der Waals surface area contributed by atoms with E-state index >= 15 is 0 Å².